The van der Waals surface area contributed by atoms with Gasteiger partial charge in [0.15, 0.2) is 5.96 Å². The lowest BCUT2D eigenvalue weighted by molar-refractivity contribution is 0.755. The fourth-order valence-corrected chi connectivity index (χ4v) is 3.16. The van der Waals surface area contributed by atoms with Crippen LogP contribution >= 0.6 is 35.3 Å². The van der Waals surface area contributed by atoms with Crippen LogP contribution in [0, 0.1) is 12.8 Å². The van der Waals surface area contributed by atoms with E-state index in [-0.39, 0.29) is 24.0 Å². The van der Waals surface area contributed by atoms with Crippen molar-refractivity contribution in [3.05, 3.63) is 15.6 Å². The highest BCUT2D eigenvalue weighted by Gasteiger charge is 2.33. The van der Waals surface area contributed by atoms with Crippen molar-refractivity contribution in [1.29, 1.82) is 0 Å². The highest BCUT2D eigenvalue weighted by molar-refractivity contribution is 14.0. The van der Waals surface area contributed by atoms with E-state index in [0.717, 1.165) is 23.4 Å². The lowest BCUT2D eigenvalue weighted by Gasteiger charge is -2.10. The summed E-state index contributed by atoms with van der Waals surface area (Å²) in [7, 11) is 1.81. The number of aliphatic imine (C=N–C) groups is 1. The summed E-state index contributed by atoms with van der Waals surface area (Å²) in [5.74, 6) is 2.15. The minimum atomic E-state index is 0. The van der Waals surface area contributed by atoms with Gasteiger partial charge in [-0.2, -0.15) is 0 Å². The van der Waals surface area contributed by atoms with E-state index in [2.05, 4.69) is 43.3 Å². The molecule has 6 heteroatoms. The van der Waals surface area contributed by atoms with Crippen LogP contribution in [0.5, 0.6) is 0 Å². The molecular weight excluding hydrogens is 383 g/mol. The second-order valence-corrected chi connectivity index (χ2v) is 6.88. The SMILES string of the molecule is CN=C(NCc1nc(C(C)C)c(C)s1)NC1CC1C.I. The van der Waals surface area contributed by atoms with Gasteiger partial charge in [-0.25, -0.2) is 4.98 Å². The molecule has 1 aliphatic rings. The number of aryl methyl sites for hydroxylation is 1. The average molecular weight is 408 g/mol. The Balaban J connectivity index is 0.00000200. The number of nitrogens with zero attached hydrogens (tertiary/aromatic N) is 2. The summed E-state index contributed by atoms with van der Waals surface area (Å²) in [6.07, 6.45) is 1.24. The van der Waals surface area contributed by atoms with Gasteiger partial charge in [0, 0.05) is 18.0 Å². The lowest BCUT2D eigenvalue weighted by Crippen LogP contribution is -2.38. The Bertz CT molecular complexity index is 470. The van der Waals surface area contributed by atoms with Crippen molar-refractivity contribution in [3.63, 3.8) is 0 Å². The Morgan fingerprint density at radius 2 is 2.15 bits per heavy atom. The summed E-state index contributed by atoms with van der Waals surface area (Å²) >= 11 is 1.77. The van der Waals surface area contributed by atoms with Crippen molar-refractivity contribution in [3.8, 4) is 0 Å². The monoisotopic (exact) mass is 408 g/mol. The quantitative estimate of drug-likeness (QED) is 0.457. The topological polar surface area (TPSA) is 49.3 Å². The minimum absolute atomic E-state index is 0. The normalized spacial score (nSPS) is 21.6. The van der Waals surface area contributed by atoms with Crippen molar-refractivity contribution in [2.45, 2.75) is 52.6 Å². The Labute approximate surface area is 142 Å². The largest absolute Gasteiger partial charge is 0.353 e. The maximum atomic E-state index is 4.70. The first-order valence-electron chi connectivity index (χ1n) is 6.94. The van der Waals surface area contributed by atoms with Crippen LogP contribution in [-0.4, -0.2) is 24.0 Å². The number of aromatic nitrogens is 1. The summed E-state index contributed by atoms with van der Waals surface area (Å²) in [4.78, 5) is 10.3. The molecule has 2 rings (SSSR count). The summed E-state index contributed by atoms with van der Waals surface area (Å²) < 4.78 is 0. The first-order chi connectivity index (χ1) is 9.01. The summed E-state index contributed by atoms with van der Waals surface area (Å²) in [5, 5.41) is 7.90. The van der Waals surface area contributed by atoms with Gasteiger partial charge in [-0.1, -0.05) is 20.8 Å². The van der Waals surface area contributed by atoms with E-state index in [9.17, 15) is 0 Å². The number of nitrogens with one attached hydrogen (secondary N) is 2. The number of halogens is 1. The van der Waals surface area contributed by atoms with Crippen LogP contribution < -0.4 is 10.6 Å². The van der Waals surface area contributed by atoms with Crippen molar-refractivity contribution >= 4 is 41.3 Å². The number of hydrogen-bond acceptors (Lipinski definition) is 3. The van der Waals surface area contributed by atoms with Gasteiger partial charge < -0.3 is 10.6 Å². The minimum Gasteiger partial charge on any atom is -0.353 e. The first kappa shape index (κ1) is 17.7. The van der Waals surface area contributed by atoms with Crippen molar-refractivity contribution < 1.29 is 0 Å². The zero-order valence-electron chi connectivity index (χ0n) is 12.9. The molecule has 4 nitrogen and oxygen atoms in total. The van der Waals surface area contributed by atoms with E-state index >= 15 is 0 Å². The van der Waals surface area contributed by atoms with Crippen LogP contribution in [0.25, 0.3) is 0 Å². The molecule has 0 aromatic carbocycles. The van der Waals surface area contributed by atoms with Crippen LogP contribution in [0.1, 0.15) is 48.7 Å². The van der Waals surface area contributed by atoms with Crippen LogP contribution in [-0.2, 0) is 6.54 Å². The second kappa shape index (κ2) is 7.59. The fourth-order valence-electron chi connectivity index (χ4n) is 2.13. The van der Waals surface area contributed by atoms with E-state index in [1.807, 2.05) is 7.05 Å². The highest BCUT2D eigenvalue weighted by atomic mass is 127. The smallest absolute Gasteiger partial charge is 0.191 e. The third kappa shape index (κ3) is 4.58. The average Bonchev–Trinajstić information content (AvgIpc) is 2.90. The summed E-state index contributed by atoms with van der Waals surface area (Å²) in [6.45, 7) is 9.53. The van der Waals surface area contributed by atoms with Gasteiger partial charge in [-0.3, -0.25) is 4.99 Å². The molecule has 0 amide bonds. The standard InChI is InChI=1S/C14H24N4S.HI/c1-8(2)13-10(4)19-12(18-13)7-16-14(15-5)17-11-6-9(11)3;/h8-9,11H,6-7H2,1-5H3,(H2,15,16,17);1H. The van der Waals surface area contributed by atoms with Crippen molar-refractivity contribution in [2.24, 2.45) is 10.9 Å². The molecule has 0 saturated heterocycles. The Hall–Kier alpha value is -0.370. The maximum Gasteiger partial charge on any atom is 0.191 e. The molecule has 20 heavy (non-hydrogen) atoms. The van der Waals surface area contributed by atoms with Gasteiger partial charge in [0.25, 0.3) is 0 Å². The molecule has 114 valence electrons. The van der Waals surface area contributed by atoms with Gasteiger partial charge in [-0.05, 0) is 25.2 Å². The van der Waals surface area contributed by atoms with Crippen LogP contribution in [0.4, 0.5) is 0 Å². The fraction of sp³-hybridized carbons (Fsp3) is 0.714. The molecule has 1 aromatic heterocycles. The molecule has 1 heterocycles. The van der Waals surface area contributed by atoms with Crippen LogP contribution in [0.2, 0.25) is 0 Å². The van der Waals surface area contributed by atoms with Gasteiger partial charge >= 0.3 is 0 Å². The third-order valence-electron chi connectivity index (χ3n) is 3.49. The third-order valence-corrected chi connectivity index (χ3v) is 4.47. The first-order valence-corrected chi connectivity index (χ1v) is 7.76. The number of guanidine groups is 1. The zero-order valence-corrected chi connectivity index (χ0v) is 16.0. The molecule has 1 fully saturated rings. The molecule has 0 bridgehead atoms. The molecule has 2 atom stereocenters. The number of hydrogen-bond donors (Lipinski definition) is 2. The molecular formula is C14H25IN4S. The molecule has 0 radical (unpaired) electrons. The molecule has 2 N–H and O–H groups in total. The molecule has 0 spiro atoms. The van der Waals surface area contributed by atoms with E-state index in [1.54, 1.807) is 11.3 Å². The zero-order chi connectivity index (χ0) is 14.0. The highest BCUT2D eigenvalue weighted by Crippen LogP contribution is 2.28. The van der Waals surface area contributed by atoms with E-state index in [0.29, 0.717) is 12.0 Å². The Morgan fingerprint density at radius 3 is 2.60 bits per heavy atom. The lowest BCUT2D eigenvalue weighted by atomic mass is 10.1. The van der Waals surface area contributed by atoms with Gasteiger partial charge in [0.1, 0.15) is 5.01 Å². The molecule has 1 aliphatic carbocycles. The Morgan fingerprint density at radius 1 is 1.50 bits per heavy atom. The van der Waals surface area contributed by atoms with E-state index in [4.69, 9.17) is 4.98 Å². The van der Waals surface area contributed by atoms with Crippen LogP contribution in [0.3, 0.4) is 0 Å². The van der Waals surface area contributed by atoms with Gasteiger partial charge in [0.2, 0.25) is 0 Å². The predicted octanol–water partition coefficient (Wildman–Crippen LogP) is 3.27. The molecule has 1 aromatic rings. The second-order valence-electron chi connectivity index (χ2n) is 5.59. The molecule has 1 saturated carbocycles. The maximum absolute atomic E-state index is 4.70. The summed E-state index contributed by atoms with van der Waals surface area (Å²) in [5.41, 5.74) is 1.22. The van der Waals surface area contributed by atoms with Gasteiger partial charge in [-0.15, -0.1) is 35.3 Å². The predicted molar refractivity (Wildman–Crippen MR) is 97.3 cm³/mol. The van der Waals surface area contributed by atoms with Crippen LogP contribution in [0.15, 0.2) is 4.99 Å². The number of rotatable bonds is 4. The molecule has 2 unspecified atom stereocenters. The van der Waals surface area contributed by atoms with Crippen molar-refractivity contribution in [1.82, 2.24) is 15.6 Å². The van der Waals surface area contributed by atoms with Gasteiger partial charge in [0.05, 0.1) is 12.2 Å². The van der Waals surface area contributed by atoms with E-state index in [1.165, 1.54) is 17.0 Å². The van der Waals surface area contributed by atoms with Crippen molar-refractivity contribution in [2.75, 3.05) is 7.05 Å². The Kier molecular flexibility index (Phi) is 6.71. The number of thiazole rings is 1. The van der Waals surface area contributed by atoms with E-state index < -0.39 is 0 Å². The summed E-state index contributed by atoms with van der Waals surface area (Å²) in [6, 6.07) is 0.593. The molecule has 0 aliphatic heterocycles.